The number of nitrogens with one attached hydrogen (secondary N) is 1. The lowest BCUT2D eigenvalue weighted by molar-refractivity contribution is 0.0924. The molecule has 0 aliphatic heterocycles. The Morgan fingerprint density at radius 3 is 2.71 bits per heavy atom. The summed E-state index contributed by atoms with van der Waals surface area (Å²) in [7, 11) is 0. The molecule has 0 saturated heterocycles. The fraction of sp³-hybridized carbons (Fsp3) is 0.583. The van der Waals surface area contributed by atoms with Crippen molar-refractivity contribution in [3.8, 4) is 0 Å². The Kier molecular flexibility index (Phi) is 4.72. The number of hydrogen-bond donors (Lipinski definition) is 2. The second-order valence-electron chi connectivity index (χ2n) is 4.32. The summed E-state index contributed by atoms with van der Waals surface area (Å²) in [6.45, 7) is 10.0. The van der Waals surface area contributed by atoms with Crippen LogP contribution in [0, 0.1) is 6.92 Å². The Hall–Kier alpha value is -1.33. The van der Waals surface area contributed by atoms with E-state index in [0.29, 0.717) is 6.04 Å². The topological polar surface area (TPSA) is 71.5 Å². The molecule has 5 nitrogen and oxygen atoms in total. The number of carbonyl (C=O) groups excluding carboxylic acids is 1. The van der Waals surface area contributed by atoms with Gasteiger partial charge in [0.05, 0.1) is 0 Å². The van der Waals surface area contributed by atoms with Gasteiger partial charge < -0.3 is 4.42 Å². The molecule has 3 N–H and O–H groups in total. The third kappa shape index (κ3) is 3.31. The summed E-state index contributed by atoms with van der Waals surface area (Å²) in [5.41, 5.74) is 3.09. The number of carbonyl (C=O) groups is 1. The van der Waals surface area contributed by atoms with Gasteiger partial charge >= 0.3 is 5.91 Å². The fourth-order valence-corrected chi connectivity index (χ4v) is 1.74. The highest BCUT2D eigenvalue weighted by molar-refractivity contribution is 5.91. The molecule has 0 aliphatic carbocycles. The zero-order valence-corrected chi connectivity index (χ0v) is 10.9. The molecule has 1 aromatic heterocycles. The summed E-state index contributed by atoms with van der Waals surface area (Å²) in [6, 6.07) is 2.21. The lowest BCUT2D eigenvalue weighted by atomic mass is 10.2. The standard InChI is InChI=1S/C12H21N3O2/c1-5-15(8(2)3)7-10-6-11(12(16)14-13)17-9(10)4/h6,8H,5,7,13H2,1-4H3,(H,14,16). The first-order chi connectivity index (χ1) is 7.99. The second kappa shape index (κ2) is 5.84. The summed E-state index contributed by atoms with van der Waals surface area (Å²) in [5.74, 6) is 5.70. The third-order valence-corrected chi connectivity index (χ3v) is 2.89. The van der Waals surface area contributed by atoms with Crippen LogP contribution in [0.5, 0.6) is 0 Å². The van der Waals surface area contributed by atoms with Crippen LogP contribution >= 0.6 is 0 Å². The first-order valence-corrected chi connectivity index (χ1v) is 5.83. The number of hydrogen-bond acceptors (Lipinski definition) is 4. The predicted molar refractivity (Wildman–Crippen MR) is 66.3 cm³/mol. The molecule has 96 valence electrons. The highest BCUT2D eigenvalue weighted by Crippen LogP contribution is 2.17. The molecule has 0 saturated carbocycles. The van der Waals surface area contributed by atoms with Gasteiger partial charge in [-0.1, -0.05) is 6.92 Å². The molecule has 1 heterocycles. The molecule has 0 atom stereocenters. The first kappa shape index (κ1) is 13.7. The van der Waals surface area contributed by atoms with Crippen molar-refractivity contribution in [1.82, 2.24) is 10.3 Å². The molecule has 0 aliphatic rings. The van der Waals surface area contributed by atoms with E-state index in [9.17, 15) is 4.79 Å². The number of nitrogens with two attached hydrogens (primary N) is 1. The van der Waals surface area contributed by atoms with Crippen LogP contribution in [0.15, 0.2) is 10.5 Å². The molecular formula is C12H21N3O2. The maximum atomic E-state index is 11.3. The number of amides is 1. The highest BCUT2D eigenvalue weighted by Gasteiger charge is 2.16. The van der Waals surface area contributed by atoms with Gasteiger partial charge in [-0.3, -0.25) is 15.1 Å². The summed E-state index contributed by atoms with van der Waals surface area (Å²) in [5, 5.41) is 0. The number of furan rings is 1. The van der Waals surface area contributed by atoms with Crippen LogP contribution in [0.2, 0.25) is 0 Å². The van der Waals surface area contributed by atoms with E-state index in [4.69, 9.17) is 10.3 Å². The van der Waals surface area contributed by atoms with Crippen molar-refractivity contribution in [3.63, 3.8) is 0 Å². The molecule has 1 aromatic rings. The van der Waals surface area contributed by atoms with E-state index in [1.165, 1.54) is 0 Å². The smallest absolute Gasteiger partial charge is 0.300 e. The number of hydrazine groups is 1. The van der Waals surface area contributed by atoms with Crippen LogP contribution in [-0.4, -0.2) is 23.4 Å². The molecule has 0 unspecified atom stereocenters. The lowest BCUT2D eigenvalue weighted by Gasteiger charge is -2.24. The fourth-order valence-electron chi connectivity index (χ4n) is 1.74. The largest absolute Gasteiger partial charge is 0.456 e. The third-order valence-electron chi connectivity index (χ3n) is 2.89. The Balaban J connectivity index is 2.84. The maximum absolute atomic E-state index is 11.3. The molecule has 0 fully saturated rings. The monoisotopic (exact) mass is 239 g/mol. The quantitative estimate of drug-likeness (QED) is 0.463. The van der Waals surface area contributed by atoms with Gasteiger partial charge in [-0.2, -0.15) is 0 Å². The van der Waals surface area contributed by atoms with E-state index in [-0.39, 0.29) is 5.76 Å². The molecule has 1 rings (SSSR count). The van der Waals surface area contributed by atoms with Crippen LogP contribution in [0.3, 0.4) is 0 Å². The van der Waals surface area contributed by atoms with E-state index in [0.717, 1.165) is 24.4 Å². The average Bonchev–Trinajstić information content (AvgIpc) is 2.66. The van der Waals surface area contributed by atoms with Gasteiger partial charge in [0.25, 0.3) is 0 Å². The van der Waals surface area contributed by atoms with Gasteiger partial charge in [-0.05, 0) is 33.4 Å². The van der Waals surface area contributed by atoms with Gasteiger partial charge in [0.15, 0.2) is 5.76 Å². The van der Waals surface area contributed by atoms with Gasteiger partial charge in [-0.25, -0.2) is 5.84 Å². The van der Waals surface area contributed by atoms with Crippen LogP contribution in [0.1, 0.15) is 42.6 Å². The summed E-state index contributed by atoms with van der Waals surface area (Å²) < 4.78 is 5.37. The van der Waals surface area contributed by atoms with Crippen LogP contribution in [-0.2, 0) is 6.54 Å². The Morgan fingerprint density at radius 2 is 2.24 bits per heavy atom. The van der Waals surface area contributed by atoms with E-state index in [1.54, 1.807) is 6.07 Å². The minimum Gasteiger partial charge on any atom is -0.456 e. The molecule has 0 spiro atoms. The minimum atomic E-state index is -0.396. The van der Waals surface area contributed by atoms with Crippen molar-refractivity contribution in [1.29, 1.82) is 0 Å². The van der Waals surface area contributed by atoms with Gasteiger partial charge in [0.1, 0.15) is 5.76 Å². The van der Waals surface area contributed by atoms with Crippen molar-refractivity contribution in [2.45, 2.75) is 40.3 Å². The highest BCUT2D eigenvalue weighted by atomic mass is 16.4. The van der Waals surface area contributed by atoms with E-state index < -0.39 is 5.91 Å². The molecule has 0 aromatic carbocycles. The number of rotatable bonds is 5. The van der Waals surface area contributed by atoms with Crippen molar-refractivity contribution < 1.29 is 9.21 Å². The number of nitrogens with zero attached hydrogens (tertiary/aromatic N) is 1. The van der Waals surface area contributed by atoms with Crippen molar-refractivity contribution in [2.24, 2.45) is 5.84 Å². The normalized spacial score (nSPS) is 11.2. The summed E-state index contributed by atoms with van der Waals surface area (Å²) >= 11 is 0. The van der Waals surface area contributed by atoms with Gasteiger partial charge in [0.2, 0.25) is 0 Å². The van der Waals surface area contributed by atoms with Crippen LogP contribution in [0.4, 0.5) is 0 Å². The van der Waals surface area contributed by atoms with Gasteiger partial charge in [-0.15, -0.1) is 0 Å². The van der Waals surface area contributed by atoms with Crippen molar-refractivity contribution in [3.05, 3.63) is 23.2 Å². The Labute approximate surface area is 102 Å². The zero-order valence-electron chi connectivity index (χ0n) is 10.9. The van der Waals surface area contributed by atoms with Gasteiger partial charge in [0, 0.05) is 18.2 Å². The zero-order chi connectivity index (χ0) is 13.0. The molecule has 0 radical (unpaired) electrons. The molecule has 0 bridgehead atoms. The molecule has 17 heavy (non-hydrogen) atoms. The molecule has 5 heteroatoms. The average molecular weight is 239 g/mol. The van der Waals surface area contributed by atoms with Crippen LogP contribution < -0.4 is 11.3 Å². The Morgan fingerprint density at radius 1 is 1.59 bits per heavy atom. The summed E-state index contributed by atoms with van der Waals surface area (Å²) in [6.07, 6.45) is 0. The van der Waals surface area contributed by atoms with E-state index in [2.05, 4.69) is 31.1 Å². The predicted octanol–water partition coefficient (Wildman–Crippen LogP) is 1.42. The Bertz CT molecular complexity index is 385. The number of aryl methyl sites for hydroxylation is 1. The van der Waals surface area contributed by atoms with Crippen LogP contribution in [0.25, 0.3) is 0 Å². The molecule has 1 amide bonds. The molecular weight excluding hydrogens is 218 g/mol. The maximum Gasteiger partial charge on any atom is 0.300 e. The SMILES string of the molecule is CCN(Cc1cc(C(=O)NN)oc1C)C(C)C. The van der Waals surface area contributed by atoms with E-state index in [1.807, 2.05) is 6.92 Å². The lowest BCUT2D eigenvalue weighted by Crippen LogP contribution is -2.30. The minimum absolute atomic E-state index is 0.264. The first-order valence-electron chi connectivity index (χ1n) is 5.83. The van der Waals surface area contributed by atoms with Crippen molar-refractivity contribution >= 4 is 5.91 Å². The van der Waals surface area contributed by atoms with E-state index >= 15 is 0 Å². The second-order valence-corrected chi connectivity index (χ2v) is 4.32. The van der Waals surface area contributed by atoms with Crippen molar-refractivity contribution in [2.75, 3.05) is 6.54 Å². The summed E-state index contributed by atoms with van der Waals surface area (Å²) in [4.78, 5) is 13.6. The number of nitrogen functional groups attached to an aromatic ring is 1.